The van der Waals surface area contributed by atoms with Crippen LogP contribution < -0.4 is 4.90 Å². The van der Waals surface area contributed by atoms with Gasteiger partial charge in [0.15, 0.2) is 0 Å². The molecule has 3 unspecified atom stereocenters. The van der Waals surface area contributed by atoms with Crippen LogP contribution in [-0.4, -0.2) is 4.57 Å². The number of rotatable bonds is 6. The lowest BCUT2D eigenvalue weighted by Gasteiger charge is -2.39. The van der Waals surface area contributed by atoms with Crippen LogP contribution in [0, 0.1) is 11.8 Å². The topological polar surface area (TPSA) is 8.17 Å². The van der Waals surface area contributed by atoms with E-state index >= 15 is 0 Å². The van der Waals surface area contributed by atoms with Crippen molar-refractivity contribution in [3.8, 4) is 16.8 Å². The molecule has 2 heteroatoms. The van der Waals surface area contributed by atoms with E-state index in [4.69, 9.17) is 0 Å². The molecule has 46 heavy (non-hydrogen) atoms. The van der Waals surface area contributed by atoms with Crippen molar-refractivity contribution in [3.05, 3.63) is 175 Å². The number of para-hydroxylation sites is 2. The monoisotopic (exact) mass is 594 g/mol. The Bertz CT molecular complexity index is 2090. The molecule has 3 atom stereocenters. The summed E-state index contributed by atoms with van der Waals surface area (Å²) >= 11 is 0. The van der Waals surface area contributed by atoms with E-state index in [1.165, 1.54) is 61.3 Å². The summed E-state index contributed by atoms with van der Waals surface area (Å²) in [7, 11) is 0. The van der Waals surface area contributed by atoms with Crippen molar-refractivity contribution in [3.63, 3.8) is 0 Å². The molecule has 6 aromatic carbocycles. The molecule has 0 fully saturated rings. The average Bonchev–Trinajstić information content (AvgIpc) is 3.44. The van der Waals surface area contributed by atoms with Gasteiger partial charge in [-0.2, -0.15) is 0 Å². The lowest BCUT2D eigenvalue weighted by molar-refractivity contribution is 0.361. The first-order valence-corrected chi connectivity index (χ1v) is 16.5. The second-order valence-electron chi connectivity index (χ2n) is 12.8. The normalized spacial score (nSPS) is 18.0. The number of benzene rings is 6. The van der Waals surface area contributed by atoms with Gasteiger partial charge < -0.3 is 9.47 Å². The van der Waals surface area contributed by atoms with Gasteiger partial charge in [-0.15, -0.1) is 0 Å². The number of hydrogen-bond acceptors (Lipinski definition) is 1. The van der Waals surface area contributed by atoms with E-state index in [1.807, 2.05) is 0 Å². The highest BCUT2D eigenvalue weighted by Crippen LogP contribution is 2.45. The van der Waals surface area contributed by atoms with Crippen LogP contribution in [0.15, 0.2) is 169 Å². The Balaban J connectivity index is 1.21. The zero-order valence-electron chi connectivity index (χ0n) is 26.4. The van der Waals surface area contributed by atoms with Crippen molar-refractivity contribution < 1.29 is 0 Å². The Labute approximate surface area is 271 Å². The van der Waals surface area contributed by atoms with E-state index < -0.39 is 0 Å². The van der Waals surface area contributed by atoms with Crippen LogP contribution >= 0.6 is 0 Å². The Hall–Kier alpha value is -5.34. The Morgan fingerprint density at radius 2 is 1.02 bits per heavy atom. The fourth-order valence-corrected chi connectivity index (χ4v) is 7.79. The van der Waals surface area contributed by atoms with E-state index in [1.54, 1.807) is 0 Å². The van der Waals surface area contributed by atoms with Gasteiger partial charge in [-0.1, -0.05) is 129 Å². The molecular weight excluding hydrogens is 556 g/mol. The highest BCUT2D eigenvalue weighted by Gasteiger charge is 2.32. The number of anilines is 2. The van der Waals surface area contributed by atoms with Gasteiger partial charge in [-0.3, -0.25) is 0 Å². The Morgan fingerprint density at radius 3 is 1.61 bits per heavy atom. The SMILES string of the molecule is CC1C=C(N(c2ccc(-c3ccccc3)cc2)c2ccc(-n3c4ccccc4c4ccccc43)cc2)CC(C)C1c1ccccc1. The molecule has 0 saturated carbocycles. The summed E-state index contributed by atoms with van der Waals surface area (Å²) in [6.45, 7) is 4.80. The summed E-state index contributed by atoms with van der Waals surface area (Å²) in [6.07, 6.45) is 3.53. The van der Waals surface area contributed by atoms with Gasteiger partial charge in [0.25, 0.3) is 0 Å². The van der Waals surface area contributed by atoms with E-state index in [2.05, 4.69) is 187 Å². The third-order valence-electron chi connectivity index (χ3n) is 9.82. The molecule has 0 aliphatic heterocycles. The minimum Gasteiger partial charge on any atom is -0.315 e. The number of fused-ring (bicyclic) bond motifs is 3. The summed E-state index contributed by atoms with van der Waals surface area (Å²) in [5.74, 6) is 1.44. The molecule has 1 heterocycles. The molecule has 0 spiro atoms. The molecule has 8 rings (SSSR count). The third-order valence-corrected chi connectivity index (χ3v) is 9.82. The van der Waals surface area contributed by atoms with Crippen LogP contribution in [0.3, 0.4) is 0 Å². The molecule has 0 radical (unpaired) electrons. The second-order valence-corrected chi connectivity index (χ2v) is 12.8. The second kappa shape index (κ2) is 11.9. The van der Waals surface area contributed by atoms with Crippen LogP contribution in [0.1, 0.15) is 31.7 Å². The minimum atomic E-state index is 0.420. The minimum absolute atomic E-state index is 0.420. The molecule has 1 aliphatic rings. The maximum atomic E-state index is 2.52. The standard InChI is InChI=1S/C44H38N2/c1-31-29-39(30-32(2)44(31)35-15-7-4-8-16-35)45(36-23-21-34(22-24-36)33-13-5-3-6-14-33)37-25-27-38(28-26-37)46-42-19-11-9-17-40(42)41-18-10-12-20-43(41)46/h3-29,31-32,44H,30H2,1-2H3. The molecule has 7 aromatic rings. The zero-order valence-corrected chi connectivity index (χ0v) is 26.4. The van der Waals surface area contributed by atoms with Crippen molar-refractivity contribution in [1.82, 2.24) is 4.57 Å². The molecule has 1 aromatic heterocycles. The van der Waals surface area contributed by atoms with Gasteiger partial charge in [0.05, 0.1) is 11.0 Å². The number of nitrogens with zero attached hydrogens (tertiary/aromatic N) is 2. The largest absolute Gasteiger partial charge is 0.315 e. The van der Waals surface area contributed by atoms with Crippen molar-refractivity contribution in [2.75, 3.05) is 4.90 Å². The van der Waals surface area contributed by atoms with E-state index in [-0.39, 0.29) is 0 Å². The number of aromatic nitrogens is 1. The highest BCUT2D eigenvalue weighted by molar-refractivity contribution is 6.09. The predicted octanol–water partition coefficient (Wildman–Crippen LogP) is 11.9. The summed E-state index contributed by atoms with van der Waals surface area (Å²) in [5, 5.41) is 2.57. The van der Waals surface area contributed by atoms with Crippen LogP contribution in [0.5, 0.6) is 0 Å². The van der Waals surface area contributed by atoms with Gasteiger partial charge >= 0.3 is 0 Å². The average molecular weight is 595 g/mol. The summed E-state index contributed by atoms with van der Waals surface area (Å²) in [5.41, 5.74) is 11.3. The highest BCUT2D eigenvalue weighted by atomic mass is 15.2. The van der Waals surface area contributed by atoms with Crippen LogP contribution in [0.2, 0.25) is 0 Å². The third kappa shape index (κ3) is 5.01. The van der Waals surface area contributed by atoms with Gasteiger partial charge in [-0.25, -0.2) is 0 Å². The molecule has 224 valence electrons. The summed E-state index contributed by atoms with van der Waals surface area (Å²) < 4.78 is 2.39. The molecule has 1 aliphatic carbocycles. The number of hydrogen-bond donors (Lipinski definition) is 0. The Morgan fingerprint density at radius 1 is 0.522 bits per heavy atom. The van der Waals surface area contributed by atoms with Crippen LogP contribution in [0.25, 0.3) is 38.6 Å². The maximum Gasteiger partial charge on any atom is 0.0541 e. The van der Waals surface area contributed by atoms with Crippen LogP contribution in [0.4, 0.5) is 11.4 Å². The number of allylic oxidation sites excluding steroid dienone is 2. The lowest BCUT2D eigenvalue weighted by atomic mass is 9.72. The van der Waals surface area contributed by atoms with Crippen molar-refractivity contribution in [1.29, 1.82) is 0 Å². The van der Waals surface area contributed by atoms with Crippen molar-refractivity contribution in [2.24, 2.45) is 11.8 Å². The van der Waals surface area contributed by atoms with Crippen LogP contribution in [-0.2, 0) is 0 Å². The van der Waals surface area contributed by atoms with E-state index in [0.717, 1.165) is 6.42 Å². The molecular formula is C44H38N2. The first kappa shape index (κ1) is 28.2. The van der Waals surface area contributed by atoms with E-state index in [9.17, 15) is 0 Å². The molecule has 0 N–H and O–H groups in total. The molecule has 0 bridgehead atoms. The van der Waals surface area contributed by atoms with E-state index in [0.29, 0.717) is 17.8 Å². The fraction of sp³-hybridized carbons (Fsp3) is 0.136. The van der Waals surface area contributed by atoms with Gasteiger partial charge in [0, 0.05) is 33.5 Å². The summed E-state index contributed by atoms with van der Waals surface area (Å²) in [6, 6.07) is 57.3. The van der Waals surface area contributed by atoms with Gasteiger partial charge in [-0.05, 0) is 89.4 Å². The molecule has 2 nitrogen and oxygen atoms in total. The lowest BCUT2D eigenvalue weighted by Crippen LogP contribution is -2.28. The first-order chi connectivity index (χ1) is 22.7. The maximum absolute atomic E-state index is 2.52. The zero-order chi connectivity index (χ0) is 31.0. The first-order valence-electron chi connectivity index (χ1n) is 16.5. The van der Waals surface area contributed by atoms with Gasteiger partial charge in [0.2, 0.25) is 0 Å². The van der Waals surface area contributed by atoms with Crippen molar-refractivity contribution in [2.45, 2.75) is 26.2 Å². The smallest absolute Gasteiger partial charge is 0.0541 e. The predicted molar refractivity (Wildman–Crippen MR) is 195 cm³/mol. The Kier molecular flexibility index (Phi) is 7.27. The van der Waals surface area contributed by atoms with Crippen molar-refractivity contribution >= 4 is 33.2 Å². The summed E-state index contributed by atoms with van der Waals surface area (Å²) in [4.78, 5) is 2.48. The quantitative estimate of drug-likeness (QED) is 0.186. The molecule has 0 saturated heterocycles. The molecule has 0 amide bonds. The van der Waals surface area contributed by atoms with Gasteiger partial charge in [0.1, 0.15) is 0 Å². The fourth-order valence-electron chi connectivity index (χ4n) is 7.79.